The van der Waals surface area contributed by atoms with Crippen LogP contribution in [0.1, 0.15) is 25.1 Å². The minimum Gasteiger partial charge on any atom is -0.396 e. The van der Waals surface area contributed by atoms with Crippen molar-refractivity contribution in [3.8, 4) is 0 Å². The summed E-state index contributed by atoms with van der Waals surface area (Å²) in [6.45, 7) is 6.33. The Kier molecular flexibility index (Phi) is 3.04. The van der Waals surface area contributed by atoms with Crippen LogP contribution < -0.4 is 0 Å². The highest BCUT2D eigenvalue weighted by Gasteiger charge is 2.17. The SMILES string of the molecule is Cc1ccnc(CC(C)(C)CO)c1. The van der Waals surface area contributed by atoms with Gasteiger partial charge in [-0.1, -0.05) is 13.8 Å². The van der Waals surface area contributed by atoms with Gasteiger partial charge in [-0.25, -0.2) is 0 Å². The molecule has 72 valence electrons. The maximum Gasteiger partial charge on any atom is 0.0485 e. The summed E-state index contributed by atoms with van der Waals surface area (Å²) in [7, 11) is 0. The van der Waals surface area contributed by atoms with E-state index in [0.717, 1.165) is 12.1 Å². The summed E-state index contributed by atoms with van der Waals surface area (Å²) in [6.07, 6.45) is 2.64. The van der Waals surface area contributed by atoms with Crippen molar-refractivity contribution >= 4 is 0 Å². The van der Waals surface area contributed by atoms with Crippen LogP contribution in [0.3, 0.4) is 0 Å². The van der Waals surface area contributed by atoms with Gasteiger partial charge in [0, 0.05) is 18.5 Å². The molecule has 0 atom stereocenters. The quantitative estimate of drug-likeness (QED) is 0.769. The highest BCUT2D eigenvalue weighted by atomic mass is 16.3. The van der Waals surface area contributed by atoms with Crippen molar-refractivity contribution in [2.75, 3.05) is 6.61 Å². The topological polar surface area (TPSA) is 33.1 Å². The zero-order valence-electron chi connectivity index (χ0n) is 8.54. The van der Waals surface area contributed by atoms with Crippen LogP contribution in [-0.2, 0) is 6.42 Å². The number of aliphatic hydroxyl groups is 1. The molecule has 0 aliphatic heterocycles. The average Bonchev–Trinajstić information content (AvgIpc) is 2.03. The minimum atomic E-state index is -0.0687. The van der Waals surface area contributed by atoms with Gasteiger partial charge in [-0.3, -0.25) is 4.98 Å². The predicted octanol–water partition coefficient (Wildman–Crippen LogP) is 1.95. The molecule has 1 rings (SSSR count). The molecule has 13 heavy (non-hydrogen) atoms. The number of rotatable bonds is 3. The Morgan fingerprint density at radius 1 is 1.46 bits per heavy atom. The molecule has 0 saturated carbocycles. The Hall–Kier alpha value is -0.890. The van der Waals surface area contributed by atoms with Crippen LogP contribution in [0.4, 0.5) is 0 Å². The van der Waals surface area contributed by atoms with E-state index in [1.807, 2.05) is 26.1 Å². The van der Waals surface area contributed by atoms with Crippen LogP contribution in [0.15, 0.2) is 18.3 Å². The van der Waals surface area contributed by atoms with E-state index in [4.69, 9.17) is 5.11 Å². The second kappa shape index (κ2) is 3.88. The van der Waals surface area contributed by atoms with Gasteiger partial charge in [-0.15, -0.1) is 0 Å². The standard InChI is InChI=1S/C11H17NO/c1-9-4-5-12-10(6-9)7-11(2,3)8-13/h4-6,13H,7-8H2,1-3H3. The molecule has 0 amide bonds. The van der Waals surface area contributed by atoms with Gasteiger partial charge in [0.25, 0.3) is 0 Å². The first kappa shape index (κ1) is 10.2. The molecular formula is C11H17NO. The van der Waals surface area contributed by atoms with Gasteiger partial charge in [-0.2, -0.15) is 0 Å². The Morgan fingerprint density at radius 2 is 2.15 bits per heavy atom. The van der Waals surface area contributed by atoms with Crippen LogP contribution in [0.25, 0.3) is 0 Å². The summed E-state index contributed by atoms with van der Waals surface area (Å²) in [5.41, 5.74) is 2.21. The Labute approximate surface area is 79.6 Å². The highest BCUT2D eigenvalue weighted by Crippen LogP contribution is 2.19. The molecule has 1 heterocycles. The molecule has 1 aromatic rings. The fourth-order valence-electron chi connectivity index (χ4n) is 1.24. The second-order valence-corrected chi connectivity index (χ2v) is 4.32. The largest absolute Gasteiger partial charge is 0.396 e. The summed E-state index contributed by atoms with van der Waals surface area (Å²) in [4.78, 5) is 4.26. The first-order valence-corrected chi connectivity index (χ1v) is 4.56. The first-order chi connectivity index (χ1) is 6.03. The Bertz CT molecular complexity index is 281. The Balaban J connectivity index is 2.74. The fraction of sp³-hybridized carbons (Fsp3) is 0.545. The van der Waals surface area contributed by atoms with Gasteiger partial charge in [0.2, 0.25) is 0 Å². The number of hydrogen-bond donors (Lipinski definition) is 1. The fourth-order valence-corrected chi connectivity index (χ4v) is 1.24. The molecule has 1 N–H and O–H groups in total. The molecule has 2 heteroatoms. The monoisotopic (exact) mass is 179 g/mol. The van der Waals surface area contributed by atoms with Crippen LogP contribution in [0.2, 0.25) is 0 Å². The summed E-state index contributed by atoms with van der Waals surface area (Å²) in [5, 5.41) is 9.10. The van der Waals surface area contributed by atoms with Gasteiger partial charge in [0.05, 0.1) is 0 Å². The number of nitrogens with zero attached hydrogens (tertiary/aromatic N) is 1. The van der Waals surface area contributed by atoms with Crippen molar-refractivity contribution in [2.45, 2.75) is 27.2 Å². The summed E-state index contributed by atoms with van der Waals surface area (Å²) in [6, 6.07) is 4.05. The lowest BCUT2D eigenvalue weighted by Crippen LogP contribution is -2.20. The molecule has 1 aromatic heterocycles. The molecule has 0 radical (unpaired) electrons. The molecule has 0 saturated heterocycles. The third-order valence-electron chi connectivity index (χ3n) is 2.06. The van der Waals surface area contributed by atoms with E-state index in [0.29, 0.717) is 0 Å². The molecule has 0 aromatic carbocycles. The maximum absolute atomic E-state index is 9.10. The molecule has 0 spiro atoms. The normalized spacial score (nSPS) is 11.7. The summed E-state index contributed by atoms with van der Waals surface area (Å²) in [5.74, 6) is 0. The summed E-state index contributed by atoms with van der Waals surface area (Å²) >= 11 is 0. The van der Waals surface area contributed by atoms with Gasteiger partial charge < -0.3 is 5.11 Å². The minimum absolute atomic E-state index is 0.0687. The smallest absolute Gasteiger partial charge is 0.0485 e. The zero-order valence-corrected chi connectivity index (χ0v) is 8.54. The number of aliphatic hydroxyl groups excluding tert-OH is 1. The third kappa shape index (κ3) is 3.15. The lowest BCUT2D eigenvalue weighted by molar-refractivity contribution is 0.158. The highest BCUT2D eigenvalue weighted by molar-refractivity contribution is 5.15. The van der Waals surface area contributed by atoms with Crippen molar-refractivity contribution < 1.29 is 5.11 Å². The van der Waals surface area contributed by atoms with Crippen molar-refractivity contribution in [1.29, 1.82) is 0 Å². The van der Waals surface area contributed by atoms with E-state index in [9.17, 15) is 0 Å². The summed E-state index contributed by atoms with van der Waals surface area (Å²) < 4.78 is 0. The van der Waals surface area contributed by atoms with Crippen LogP contribution in [-0.4, -0.2) is 16.7 Å². The van der Waals surface area contributed by atoms with Gasteiger partial charge in [0.15, 0.2) is 0 Å². The van der Waals surface area contributed by atoms with E-state index in [1.165, 1.54) is 5.56 Å². The molecule has 0 aliphatic rings. The molecule has 0 fully saturated rings. The average molecular weight is 179 g/mol. The van der Waals surface area contributed by atoms with Crippen LogP contribution >= 0.6 is 0 Å². The van der Waals surface area contributed by atoms with Gasteiger partial charge in [-0.05, 0) is 36.5 Å². The van der Waals surface area contributed by atoms with E-state index < -0.39 is 0 Å². The molecule has 0 unspecified atom stereocenters. The van der Waals surface area contributed by atoms with Crippen LogP contribution in [0.5, 0.6) is 0 Å². The van der Waals surface area contributed by atoms with E-state index in [2.05, 4.69) is 18.0 Å². The third-order valence-corrected chi connectivity index (χ3v) is 2.06. The van der Waals surface area contributed by atoms with Gasteiger partial charge in [0.1, 0.15) is 0 Å². The molecule has 0 aliphatic carbocycles. The van der Waals surface area contributed by atoms with Gasteiger partial charge >= 0.3 is 0 Å². The Morgan fingerprint density at radius 3 is 2.69 bits per heavy atom. The molecule has 0 bridgehead atoms. The number of hydrogen-bond acceptors (Lipinski definition) is 2. The van der Waals surface area contributed by atoms with E-state index >= 15 is 0 Å². The van der Waals surface area contributed by atoms with Crippen molar-refractivity contribution in [3.63, 3.8) is 0 Å². The van der Waals surface area contributed by atoms with Crippen molar-refractivity contribution in [2.24, 2.45) is 5.41 Å². The van der Waals surface area contributed by atoms with E-state index in [-0.39, 0.29) is 12.0 Å². The predicted molar refractivity (Wildman–Crippen MR) is 53.5 cm³/mol. The lowest BCUT2D eigenvalue weighted by Gasteiger charge is -2.20. The van der Waals surface area contributed by atoms with Crippen molar-refractivity contribution in [3.05, 3.63) is 29.6 Å². The first-order valence-electron chi connectivity index (χ1n) is 4.56. The van der Waals surface area contributed by atoms with Crippen molar-refractivity contribution in [1.82, 2.24) is 4.98 Å². The maximum atomic E-state index is 9.10. The molecular weight excluding hydrogens is 162 g/mol. The second-order valence-electron chi connectivity index (χ2n) is 4.32. The zero-order chi connectivity index (χ0) is 9.90. The number of aryl methyl sites for hydroxylation is 1. The molecule has 2 nitrogen and oxygen atoms in total. The van der Waals surface area contributed by atoms with Crippen LogP contribution in [0, 0.1) is 12.3 Å². The number of aromatic nitrogens is 1. The number of pyridine rings is 1. The van der Waals surface area contributed by atoms with E-state index in [1.54, 1.807) is 0 Å². The lowest BCUT2D eigenvalue weighted by atomic mass is 9.88.